The van der Waals surface area contributed by atoms with Crippen LogP contribution in [0, 0.1) is 0 Å². The highest BCUT2D eigenvalue weighted by molar-refractivity contribution is 5.75. The lowest BCUT2D eigenvalue weighted by atomic mass is 10.2. The molecular weight excluding hydrogens is 346 g/mol. The highest BCUT2D eigenvalue weighted by Crippen LogP contribution is 2.15. The molecule has 2 N–H and O–H groups in total. The molecule has 0 saturated carbocycles. The molecule has 0 aromatic carbocycles. The zero-order chi connectivity index (χ0) is 18.5. The van der Waals surface area contributed by atoms with E-state index in [0.717, 1.165) is 36.6 Å². The average Bonchev–Trinajstić information content (AvgIpc) is 3.34. The van der Waals surface area contributed by atoms with Crippen molar-refractivity contribution in [3.05, 3.63) is 47.9 Å². The molecule has 1 aliphatic rings. The largest absolute Gasteiger partial charge is 0.350 e. The number of hydrogen-bond acceptors (Lipinski definition) is 7. The van der Waals surface area contributed by atoms with Gasteiger partial charge < -0.3 is 15.2 Å². The van der Waals surface area contributed by atoms with Gasteiger partial charge in [0.15, 0.2) is 0 Å². The fraction of sp³-hybridized carbons (Fsp3) is 0.389. The molecule has 4 heterocycles. The Morgan fingerprint density at radius 2 is 2.22 bits per heavy atom. The molecule has 0 radical (unpaired) electrons. The molecule has 0 bridgehead atoms. The summed E-state index contributed by atoms with van der Waals surface area (Å²) in [7, 11) is 0. The zero-order valence-corrected chi connectivity index (χ0v) is 14.9. The lowest BCUT2D eigenvalue weighted by Gasteiger charge is -2.13. The lowest BCUT2D eigenvalue weighted by Crippen LogP contribution is -2.28. The topological polar surface area (TPSA) is 111 Å². The Morgan fingerprint density at radius 3 is 3.07 bits per heavy atom. The van der Waals surface area contributed by atoms with Gasteiger partial charge in [-0.2, -0.15) is 10.1 Å². The van der Waals surface area contributed by atoms with Gasteiger partial charge in [0.2, 0.25) is 17.6 Å². The van der Waals surface area contributed by atoms with Gasteiger partial charge in [-0.25, -0.2) is 0 Å². The maximum absolute atomic E-state index is 12.0. The average molecular weight is 367 g/mol. The number of nitrogens with zero attached hydrogens (tertiary/aromatic N) is 5. The Labute approximate surface area is 156 Å². The molecule has 0 unspecified atom stereocenters. The molecule has 140 valence electrons. The van der Waals surface area contributed by atoms with Crippen LogP contribution in [0.25, 0.3) is 11.4 Å². The first kappa shape index (κ1) is 17.3. The molecule has 0 saturated heterocycles. The first-order chi connectivity index (χ1) is 13.3. The van der Waals surface area contributed by atoms with Crippen molar-refractivity contribution < 1.29 is 9.32 Å². The third-order valence-corrected chi connectivity index (χ3v) is 4.39. The summed E-state index contributed by atoms with van der Waals surface area (Å²) in [5.74, 6) is 1.06. The molecule has 1 amide bonds. The summed E-state index contributed by atoms with van der Waals surface area (Å²) in [6, 6.07) is 5.68. The van der Waals surface area contributed by atoms with Crippen LogP contribution >= 0.6 is 0 Å². The molecule has 3 aromatic heterocycles. The van der Waals surface area contributed by atoms with E-state index in [9.17, 15) is 4.79 Å². The number of carbonyl (C=O) groups is 1. The molecule has 0 spiro atoms. The van der Waals surface area contributed by atoms with Crippen LogP contribution in [0.3, 0.4) is 0 Å². The minimum Gasteiger partial charge on any atom is -0.350 e. The minimum atomic E-state index is -0.00651. The maximum atomic E-state index is 12.0. The summed E-state index contributed by atoms with van der Waals surface area (Å²) in [4.78, 5) is 20.4. The van der Waals surface area contributed by atoms with Gasteiger partial charge in [0.1, 0.15) is 0 Å². The van der Waals surface area contributed by atoms with Crippen molar-refractivity contribution in [2.75, 3.05) is 6.54 Å². The van der Waals surface area contributed by atoms with Crippen LogP contribution in [-0.4, -0.2) is 37.4 Å². The van der Waals surface area contributed by atoms with Gasteiger partial charge in [-0.3, -0.25) is 14.5 Å². The number of hydrogen-bond donors (Lipinski definition) is 2. The molecule has 3 aromatic rings. The Morgan fingerprint density at radius 1 is 1.33 bits per heavy atom. The van der Waals surface area contributed by atoms with E-state index in [1.165, 1.54) is 0 Å². The lowest BCUT2D eigenvalue weighted by molar-refractivity contribution is -0.121. The normalized spacial score (nSPS) is 13.3. The number of carbonyl (C=O) groups excluding carboxylic acids is 1. The monoisotopic (exact) mass is 367 g/mol. The summed E-state index contributed by atoms with van der Waals surface area (Å²) in [5.41, 5.74) is 2.91. The van der Waals surface area contributed by atoms with Gasteiger partial charge in [0, 0.05) is 43.9 Å². The van der Waals surface area contributed by atoms with Gasteiger partial charge in [-0.1, -0.05) is 5.16 Å². The third kappa shape index (κ3) is 4.37. The van der Waals surface area contributed by atoms with Gasteiger partial charge >= 0.3 is 0 Å². The van der Waals surface area contributed by atoms with E-state index in [-0.39, 0.29) is 5.91 Å². The quantitative estimate of drug-likeness (QED) is 0.642. The van der Waals surface area contributed by atoms with Crippen LogP contribution in [0.2, 0.25) is 0 Å². The Hall–Kier alpha value is -3.07. The first-order valence-corrected chi connectivity index (χ1v) is 9.04. The summed E-state index contributed by atoms with van der Waals surface area (Å²) in [6.45, 7) is 3.08. The Kier molecular flexibility index (Phi) is 5.20. The maximum Gasteiger partial charge on any atom is 0.226 e. The summed E-state index contributed by atoms with van der Waals surface area (Å²) in [5, 5.41) is 14.7. The molecule has 9 nitrogen and oxygen atoms in total. The number of rotatable bonds is 7. The van der Waals surface area contributed by atoms with E-state index in [2.05, 4.69) is 30.9 Å². The van der Waals surface area contributed by atoms with Crippen molar-refractivity contribution in [1.82, 2.24) is 35.5 Å². The predicted octanol–water partition coefficient (Wildman–Crippen LogP) is 1.07. The molecular formula is C18H21N7O2. The molecule has 1 aliphatic heterocycles. The van der Waals surface area contributed by atoms with Crippen LogP contribution in [0.1, 0.15) is 30.1 Å². The third-order valence-electron chi connectivity index (χ3n) is 4.39. The molecule has 0 aliphatic carbocycles. The van der Waals surface area contributed by atoms with E-state index in [1.54, 1.807) is 12.4 Å². The summed E-state index contributed by atoms with van der Waals surface area (Å²) in [6.07, 6.45) is 4.98. The molecule has 4 rings (SSSR count). The molecule has 27 heavy (non-hydrogen) atoms. The molecule has 9 heteroatoms. The number of pyridine rings is 1. The molecule has 0 fully saturated rings. The van der Waals surface area contributed by atoms with Gasteiger partial charge in [-0.15, -0.1) is 0 Å². The van der Waals surface area contributed by atoms with Crippen molar-refractivity contribution in [3.63, 3.8) is 0 Å². The summed E-state index contributed by atoms with van der Waals surface area (Å²) < 4.78 is 7.24. The van der Waals surface area contributed by atoms with Gasteiger partial charge in [-0.05, 0) is 24.6 Å². The van der Waals surface area contributed by atoms with Gasteiger partial charge in [0.25, 0.3) is 0 Å². The van der Waals surface area contributed by atoms with Crippen LogP contribution in [0.5, 0.6) is 0 Å². The molecule has 0 atom stereocenters. The smallest absolute Gasteiger partial charge is 0.226 e. The van der Waals surface area contributed by atoms with Crippen LogP contribution < -0.4 is 10.6 Å². The van der Waals surface area contributed by atoms with E-state index in [0.29, 0.717) is 37.5 Å². The van der Waals surface area contributed by atoms with Gasteiger partial charge in [0.05, 0.1) is 24.5 Å². The summed E-state index contributed by atoms with van der Waals surface area (Å²) >= 11 is 0. The second-order valence-electron chi connectivity index (χ2n) is 6.40. The van der Waals surface area contributed by atoms with Crippen LogP contribution in [0.15, 0.2) is 35.1 Å². The van der Waals surface area contributed by atoms with E-state index >= 15 is 0 Å². The number of amides is 1. The van der Waals surface area contributed by atoms with Crippen molar-refractivity contribution in [2.45, 2.75) is 38.9 Å². The number of aromatic nitrogens is 5. The SMILES string of the molecule is O=C(CCCc1nc(-c2ccncc2)no1)NCc1cc2n(n1)CCNC2. The number of aryl methyl sites for hydroxylation is 1. The predicted molar refractivity (Wildman–Crippen MR) is 96.2 cm³/mol. The van der Waals surface area contributed by atoms with E-state index in [1.807, 2.05) is 22.9 Å². The fourth-order valence-corrected chi connectivity index (χ4v) is 2.99. The van der Waals surface area contributed by atoms with Crippen LogP contribution in [-0.2, 0) is 30.8 Å². The van der Waals surface area contributed by atoms with Crippen molar-refractivity contribution >= 4 is 5.91 Å². The van der Waals surface area contributed by atoms with Crippen molar-refractivity contribution in [2.24, 2.45) is 0 Å². The van der Waals surface area contributed by atoms with E-state index in [4.69, 9.17) is 4.52 Å². The second kappa shape index (κ2) is 8.09. The number of nitrogens with one attached hydrogen (secondary N) is 2. The number of fused-ring (bicyclic) bond motifs is 1. The Bertz CT molecular complexity index is 880. The van der Waals surface area contributed by atoms with E-state index < -0.39 is 0 Å². The highest BCUT2D eigenvalue weighted by atomic mass is 16.5. The zero-order valence-electron chi connectivity index (χ0n) is 14.9. The van der Waals surface area contributed by atoms with Crippen molar-refractivity contribution in [3.8, 4) is 11.4 Å². The standard InChI is InChI=1S/C18H21N7O2/c26-16(21-11-14-10-15-12-20-8-9-25(15)23-14)2-1-3-17-22-18(24-27-17)13-4-6-19-7-5-13/h4-7,10,20H,1-3,8-9,11-12H2,(H,21,26). The first-order valence-electron chi connectivity index (χ1n) is 9.04. The fourth-order valence-electron chi connectivity index (χ4n) is 2.99. The van der Waals surface area contributed by atoms with Crippen molar-refractivity contribution in [1.29, 1.82) is 0 Å². The highest BCUT2D eigenvalue weighted by Gasteiger charge is 2.13. The second-order valence-corrected chi connectivity index (χ2v) is 6.40. The van der Waals surface area contributed by atoms with Crippen LogP contribution in [0.4, 0.5) is 0 Å². The Balaban J connectivity index is 1.21. The minimum absolute atomic E-state index is 0.00651.